The SMILES string of the molecule is Cl.NCCNC(=O)C1CCCN(Cc2cc3c(cc2Br)OCCO3)C1. The van der Waals surface area contributed by atoms with E-state index in [0.29, 0.717) is 26.3 Å². The van der Waals surface area contributed by atoms with Gasteiger partial charge in [0.25, 0.3) is 0 Å². The van der Waals surface area contributed by atoms with Crippen molar-refractivity contribution in [2.24, 2.45) is 11.7 Å². The summed E-state index contributed by atoms with van der Waals surface area (Å²) >= 11 is 3.63. The number of hydrogen-bond donors (Lipinski definition) is 2. The maximum Gasteiger partial charge on any atom is 0.224 e. The predicted octanol–water partition coefficient (Wildman–Crippen LogP) is 1.93. The van der Waals surface area contributed by atoms with Crippen LogP contribution in [-0.2, 0) is 11.3 Å². The van der Waals surface area contributed by atoms with Gasteiger partial charge in [0.05, 0.1) is 5.92 Å². The third kappa shape index (κ3) is 5.23. The van der Waals surface area contributed by atoms with Crippen molar-refractivity contribution in [1.82, 2.24) is 10.2 Å². The van der Waals surface area contributed by atoms with Crippen molar-refractivity contribution in [1.29, 1.82) is 0 Å². The van der Waals surface area contributed by atoms with Crippen molar-refractivity contribution in [3.8, 4) is 11.5 Å². The second kappa shape index (κ2) is 9.62. The highest BCUT2D eigenvalue weighted by Gasteiger charge is 2.26. The molecule has 140 valence electrons. The molecule has 1 amide bonds. The minimum absolute atomic E-state index is 0. The number of carbonyl (C=O) groups excluding carboxylic acids is 1. The molecule has 0 radical (unpaired) electrons. The molecule has 2 aliphatic rings. The molecule has 1 aromatic rings. The number of hydrogen-bond acceptors (Lipinski definition) is 5. The van der Waals surface area contributed by atoms with Crippen molar-refractivity contribution in [3.05, 3.63) is 22.2 Å². The first-order valence-corrected chi connectivity index (χ1v) is 9.25. The second-order valence-electron chi connectivity index (χ2n) is 6.24. The van der Waals surface area contributed by atoms with E-state index in [0.717, 1.165) is 54.0 Å². The van der Waals surface area contributed by atoms with Gasteiger partial charge in [-0.15, -0.1) is 12.4 Å². The van der Waals surface area contributed by atoms with E-state index >= 15 is 0 Å². The first kappa shape index (κ1) is 20.3. The molecule has 0 saturated carbocycles. The van der Waals surface area contributed by atoms with Crippen LogP contribution in [0.1, 0.15) is 18.4 Å². The third-order valence-corrected chi connectivity index (χ3v) is 5.16. The molecule has 0 spiro atoms. The van der Waals surface area contributed by atoms with Crippen LogP contribution in [0.3, 0.4) is 0 Å². The van der Waals surface area contributed by atoms with Crippen molar-refractivity contribution in [2.45, 2.75) is 19.4 Å². The molecule has 2 heterocycles. The van der Waals surface area contributed by atoms with Gasteiger partial charge in [0.2, 0.25) is 5.91 Å². The Hall–Kier alpha value is -1.02. The van der Waals surface area contributed by atoms with Crippen LogP contribution < -0.4 is 20.5 Å². The van der Waals surface area contributed by atoms with Crippen LogP contribution in [0.4, 0.5) is 0 Å². The molecule has 3 N–H and O–H groups in total. The van der Waals surface area contributed by atoms with Gasteiger partial charge in [0, 0.05) is 30.7 Å². The quantitative estimate of drug-likeness (QED) is 0.740. The van der Waals surface area contributed by atoms with Crippen LogP contribution >= 0.6 is 28.3 Å². The molecule has 0 aromatic heterocycles. The number of amides is 1. The Morgan fingerprint density at radius 1 is 1.32 bits per heavy atom. The molecule has 25 heavy (non-hydrogen) atoms. The molecule has 1 unspecified atom stereocenters. The molecule has 1 saturated heterocycles. The lowest BCUT2D eigenvalue weighted by molar-refractivity contribution is -0.126. The van der Waals surface area contributed by atoms with E-state index in [1.165, 1.54) is 0 Å². The Morgan fingerprint density at radius 3 is 2.76 bits per heavy atom. The largest absolute Gasteiger partial charge is 0.486 e. The normalized spacial score (nSPS) is 19.8. The minimum Gasteiger partial charge on any atom is -0.486 e. The Kier molecular flexibility index (Phi) is 7.81. The Morgan fingerprint density at radius 2 is 2.04 bits per heavy atom. The van der Waals surface area contributed by atoms with Gasteiger partial charge in [0.15, 0.2) is 11.5 Å². The van der Waals surface area contributed by atoms with Gasteiger partial charge >= 0.3 is 0 Å². The first-order valence-electron chi connectivity index (χ1n) is 8.45. The number of ether oxygens (including phenoxy) is 2. The fourth-order valence-corrected chi connectivity index (χ4v) is 3.67. The molecule has 1 atom stereocenters. The average molecular weight is 435 g/mol. The van der Waals surface area contributed by atoms with Crippen LogP contribution in [0.25, 0.3) is 0 Å². The molecule has 0 bridgehead atoms. The maximum atomic E-state index is 12.2. The fourth-order valence-electron chi connectivity index (χ4n) is 3.22. The van der Waals surface area contributed by atoms with E-state index < -0.39 is 0 Å². The summed E-state index contributed by atoms with van der Waals surface area (Å²) in [4.78, 5) is 14.5. The molecular weight excluding hydrogens is 410 g/mol. The molecule has 3 rings (SSSR count). The summed E-state index contributed by atoms with van der Waals surface area (Å²) in [6.07, 6.45) is 1.97. The smallest absolute Gasteiger partial charge is 0.224 e. The molecular formula is C17H25BrClN3O3. The number of nitrogens with two attached hydrogens (primary N) is 1. The van der Waals surface area contributed by atoms with Crippen LogP contribution in [0.15, 0.2) is 16.6 Å². The minimum atomic E-state index is 0. The van der Waals surface area contributed by atoms with E-state index in [-0.39, 0.29) is 24.2 Å². The number of benzene rings is 1. The zero-order chi connectivity index (χ0) is 16.9. The van der Waals surface area contributed by atoms with Crippen molar-refractivity contribution in [2.75, 3.05) is 39.4 Å². The number of fused-ring (bicyclic) bond motifs is 1. The molecule has 8 heteroatoms. The highest BCUT2D eigenvalue weighted by molar-refractivity contribution is 9.10. The average Bonchev–Trinajstić information content (AvgIpc) is 2.60. The molecule has 1 fully saturated rings. The van der Waals surface area contributed by atoms with Gasteiger partial charge < -0.3 is 20.5 Å². The maximum absolute atomic E-state index is 12.2. The fraction of sp³-hybridized carbons (Fsp3) is 0.588. The zero-order valence-electron chi connectivity index (χ0n) is 14.1. The molecule has 0 aliphatic carbocycles. The van der Waals surface area contributed by atoms with Gasteiger partial charge in [-0.05, 0) is 37.1 Å². The summed E-state index contributed by atoms with van der Waals surface area (Å²) in [5.74, 6) is 1.75. The molecule has 6 nitrogen and oxygen atoms in total. The van der Waals surface area contributed by atoms with Crippen LogP contribution in [-0.4, -0.2) is 50.2 Å². The van der Waals surface area contributed by atoms with Crippen LogP contribution in [0.2, 0.25) is 0 Å². The standard InChI is InChI=1S/C17H24BrN3O3.ClH/c18-14-9-16-15(23-6-7-24-16)8-13(14)11-21-5-1-2-12(10-21)17(22)20-4-3-19;/h8-9,12H,1-7,10-11,19H2,(H,20,22);1H. The van der Waals surface area contributed by atoms with E-state index in [4.69, 9.17) is 15.2 Å². The number of rotatable bonds is 5. The highest BCUT2D eigenvalue weighted by Crippen LogP contribution is 2.36. The summed E-state index contributed by atoms with van der Waals surface area (Å²) in [6.45, 7) is 4.76. The van der Waals surface area contributed by atoms with Gasteiger partial charge in [-0.1, -0.05) is 15.9 Å². The number of nitrogens with zero attached hydrogens (tertiary/aromatic N) is 1. The van der Waals surface area contributed by atoms with Crippen molar-refractivity contribution >= 4 is 34.2 Å². The van der Waals surface area contributed by atoms with E-state index in [2.05, 4.69) is 26.1 Å². The third-order valence-electron chi connectivity index (χ3n) is 4.43. The van der Waals surface area contributed by atoms with Crippen LogP contribution in [0.5, 0.6) is 11.5 Å². The summed E-state index contributed by atoms with van der Waals surface area (Å²) in [5.41, 5.74) is 6.61. The topological polar surface area (TPSA) is 76.8 Å². The lowest BCUT2D eigenvalue weighted by Crippen LogP contribution is -2.43. The van der Waals surface area contributed by atoms with Crippen molar-refractivity contribution in [3.63, 3.8) is 0 Å². The van der Waals surface area contributed by atoms with Gasteiger partial charge in [-0.25, -0.2) is 0 Å². The van der Waals surface area contributed by atoms with E-state index in [1.807, 2.05) is 12.1 Å². The molecule has 2 aliphatic heterocycles. The van der Waals surface area contributed by atoms with Crippen LogP contribution in [0, 0.1) is 5.92 Å². The van der Waals surface area contributed by atoms with Gasteiger partial charge in [0.1, 0.15) is 13.2 Å². The summed E-state index contributed by atoms with van der Waals surface area (Å²) in [5, 5.41) is 2.90. The number of nitrogens with one attached hydrogen (secondary N) is 1. The second-order valence-corrected chi connectivity index (χ2v) is 7.10. The van der Waals surface area contributed by atoms with Gasteiger partial charge in [-0.3, -0.25) is 9.69 Å². The monoisotopic (exact) mass is 433 g/mol. The summed E-state index contributed by atoms with van der Waals surface area (Å²) in [7, 11) is 0. The highest BCUT2D eigenvalue weighted by atomic mass is 79.9. The van der Waals surface area contributed by atoms with Gasteiger partial charge in [-0.2, -0.15) is 0 Å². The lowest BCUT2D eigenvalue weighted by Gasteiger charge is -2.32. The Balaban J connectivity index is 0.00000225. The first-order chi connectivity index (χ1) is 11.7. The van der Waals surface area contributed by atoms with E-state index in [1.54, 1.807) is 0 Å². The Labute approximate surface area is 162 Å². The zero-order valence-corrected chi connectivity index (χ0v) is 16.5. The molecule has 1 aromatic carbocycles. The number of halogens is 2. The Bertz CT molecular complexity index is 603. The summed E-state index contributed by atoms with van der Waals surface area (Å²) < 4.78 is 12.3. The number of carbonyl (C=O) groups is 1. The van der Waals surface area contributed by atoms with Crippen molar-refractivity contribution < 1.29 is 14.3 Å². The number of piperidine rings is 1. The van der Waals surface area contributed by atoms with E-state index in [9.17, 15) is 4.79 Å². The lowest BCUT2D eigenvalue weighted by atomic mass is 9.96. The summed E-state index contributed by atoms with van der Waals surface area (Å²) in [6, 6.07) is 4.01. The predicted molar refractivity (Wildman–Crippen MR) is 102 cm³/mol. The number of likely N-dealkylation sites (tertiary alicyclic amines) is 1.